The van der Waals surface area contributed by atoms with Crippen molar-refractivity contribution in [2.45, 2.75) is 58.9 Å². The molecule has 1 atom stereocenters. The number of nitrogens with one attached hydrogen (secondary N) is 1. The minimum atomic E-state index is -0.581. The van der Waals surface area contributed by atoms with E-state index in [1.165, 1.54) is 0 Å². The van der Waals surface area contributed by atoms with Crippen LogP contribution in [0, 0.1) is 11.8 Å². The van der Waals surface area contributed by atoms with Crippen molar-refractivity contribution in [2.75, 3.05) is 26.7 Å². The highest BCUT2D eigenvalue weighted by molar-refractivity contribution is 6.30. The van der Waals surface area contributed by atoms with Crippen molar-refractivity contribution in [3.63, 3.8) is 0 Å². The molecule has 0 spiro atoms. The number of carbonyl (C=O) groups is 3. The van der Waals surface area contributed by atoms with Crippen molar-refractivity contribution in [3.05, 3.63) is 34.9 Å². The number of nitrogens with zero attached hydrogens (tertiary/aromatic N) is 2. The Hall–Kier alpha value is -2.08. The maximum Gasteiger partial charge on any atom is 0.251 e. The van der Waals surface area contributed by atoms with E-state index in [1.54, 1.807) is 29.2 Å². The van der Waals surface area contributed by atoms with E-state index >= 15 is 0 Å². The number of unbranched alkanes of at least 4 members (excludes halogenated alkanes) is 1. The molecule has 0 saturated carbocycles. The van der Waals surface area contributed by atoms with Gasteiger partial charge in [-0.2, -0.15) is 0 Å². The smallest absolute Gasteiger partial charge is 0.251 e. The number of piperidine rings is 1. The molecule has 31 heavy (non-hydrogen) atoms. The Bertz CT molecular complexity index is 743. The number of rotatable bonds is 9. The first kappa shape index (κ1) is 25.2. The molecule has 1 unspecified atom stereocenters. The van der Waals surface area contributed by atoms with Gasteiger partial charge >= 0.3 is 0 Å². The van der Waals surface area contributed by atoms with Crippen molar-refractivity contribution >= 4 is 29.3 Å². The molecule has 1 aliphatic rings. The Kier molecular flexibility index (Phi) is 9.82. The summed E-state index contributed by atoms with van der Waals surface area (Å²) in [6.07, 6.45) is 3.96. The highest BCUT2D eigenvalue weighted by Gasteiger charge is 2.32. The van der Waals surface area contributed by atoms with Crippen molar-refractivity contribution in [1.29, 1.82) is 0 Å². The second kappa shape index (κ2) is 12.1. The van der Waals surface area contributed by atoms with Gasteiger partial charge in [-0.25, -0.2) is 0 Å². The number of hydrogen-bond acceptors (Lipinski definition) is 3. The van der Waals surface area contributed by atoms with E-state index in [1.807, 2.05) is 25.8 Å². The fraction of sp³-hybridized carbons (Fsp3) is 0.625. The summed E-state index contributed by atoms with van der Waals surface area (Å²) in [5.41, 5.74) is 0.477. The summed E-state index contributed by atoms with van der Waals surface area (Å²) in [6, 6.07) is 6.05. The molecule has 1 aliphatic heterocycles. The highest BCUT2D eigenvalue weighted by Crippen LogP contribution is 2.21. The first-order valence-electron chi connectivity index (χ1n) is 11.3. The van der Waals surface area contributed by atoms with Gasteiger partial charge in [-0.05, 0) is 55.9 Å². The molecule has 1 aromatic carbocycles. The first-order chi connectivity index (χ1) is 14.7. The van der Waals surface area contributed by atoms with Gasteiger partial charge in [-0.1, -0.05) is 38.8 Å². The molecule has 7 heteroatoms. The Morgan fingerprint density at radius 1 is 1.16 bits per heavy atom. The molecule has 1 N–H and O–H groups in total. The van der Waals surface area contributed by atoms with Crippen molar-refractivity contribution < 1.29 is 14.4 Å². The van der Waals surface area contributed by atoms with Crippen molar-refractivity contribution in [2.24, 2.45) is 11.8 Å². The largest absolute Gasteiger partial charge is 0.346 e. The fourth-order valence-corrected chi connectivity index (χ4v) is 4.05. The number of hydrogen-bond donors (Lipinski definition) is 1. The van der Waals surface area contributed by atoms with E-state index in [-0.39, 0.29) is 29.6 Å². The summed E-state index contributed by atoms with van der Waals surface area (Å²) >= 11 is 5.90. The summed E-state index contributed by atoms with van der Waals surface area (Å²) in [7, 11) is 1.86. The third kappa shape index (κ3) is 7.53. The molecule has 2 rings (SSSR count). The Labute approximate surface area is 191 Å². The number of carbonyl (C=O) groups excluding carboxylic acids is 3. The summed E-state index contributed by atoms with van der Waals surface area (Å²) in [5, 5.41) is 3.47. The molecule has 1 saturated heterocycles. The van der Waals surface area contributed by atoms with Crippen LogP contribution in [0.2, 0.25) is 5.02 Å². The zero-order valence-electron chi connectivity index (χ0n) is 19.2. The average molecular weight is 450 g/mol. The molecule has 1 fully saturated rings. The predicted molar refractivity (Wildman–Crippen MR) is 124 cm³/mol. The van der Waals surface area contributed by atoms with Crippen molar-refractivity contribution in [1.82, 2.24) is 15.1 Å². The second-order valence-corrected chi connectivity index (χ2v) is 9.31. The van der Waals surface area contributed by atoms with E-state index in [9.17, 15) is 14.4 Å². The molecule has 1 heterocycles. The molecule has 3 amide bonds. The Morgan fingerprint density at radius 3 is 2.32 bits per heavy atom. The van der Waals surface area contributed by atoms with Gasteiger partial charge in [-0.3, -0.25) is 14.4 Å². The lowest BCUT2D eigenvalue weighted by molar-refractivity contribution is -0.141. The fourth-order valence-electron chi connectivity index (χ4n) is 3.92. The van der Waals surface area contributed by atoms with Crippen LogP contribution in [0.5, 0.6) is 0 Å². The lowest BCUT2D eigenvalue weighted by Crippen LogP contribution is -2.52. The van der Waals surface area contributed by atoms with Crippen LogP contribution < -0.4 is 5.32 Å². The van der Waals surface area contributed by atoms with Gasteiger partial charge in [0.1, 0.15) is 6.04 Å². The molecule has 0 aromatic heterocycles. The van der Waals surface area contributed by atoms with E-state index in [0.29, 0.717) is 42.9 Å². The molecule has 0 bridgehead atoms. The minimum absolute atomic E-state index is 0.0295. The van der Waals surface area contributed by atoms with Crippen LogP contribution in [0.15, 0.2) is 24.3 Å². The number of benzene rings is 1. The van der Waals surface area contributed by atoms with E-state index in [4.69, 9.17) is 11.6 Å². The number of halogens is 1. The average Bonchev–Trinajstić information content (AvgIpc) is 2.76. The summed E-state index contributed by atoms with van der Waals surface area (Å²) < 4.78 is 0. The summed E-state index contributed by atoms with van der Waals surface area (Å²) in [5.74, 6) is 0.0544. The van der Waals surface area contributed by atoms with Gasteiger partial charge in [0.2, 0.25) is 11.8 Å². The third-order valence-corrected chi connectivity index (χ3v) is 6.05. The Morgan fingerprint density at radius 2 is 1.77 bits per heavy atom. The Balaban J connectivity index is 1.97. The van der Waals surface area contributed by atoms with Crippen LogP contribution in [0.1, 0.15) is 63.2 Å². The molecule has 1 aromatic rings. The lowest BCUT2D eigenvalue weighted by Gasteiger charge is -2.35. The predicted octanol–water partition coefficient (Wildman–Crippen LogP) is 3.98. The SMILES string of the molecule is CCCCN(C)C(=O)C1CCN(C(=O)C(CC(C)C)NC(=O)c2ccc(Cl)cc2)CC1. The van der Waals surface area contributed by atoms with Gasteiger partial charge in [0.25, 0.3) is 5.91 Å². The van der Waals surface area contributed by atoms with Gasteiger partial charge in [0.05, 0.1) is 0 Å². The highest BCUT2D eigenvalue weighted by atomic mass is 35.5. The lowest BCUT2D eigenvalue weighted by atomic mass is 9.94. The maximum absolute atomic E-state index is 13.2. The van der Waals surface area contributed by atoms with E-state index in [0.717, 1.165) is 19.4 Å². The topological polar surface area (TPSA) is 69.7 Å². The van der Waals surface area contributed by atoms with Crippen LogP contribution in [0.25, 0.3) is 0 Å². The standard InChI is InChI=1S/C24H36ClN3O3/c1-5-6-13-27(4)23(30)19-11-14-28(15-12-19)24(31)21(16-17(2)3)26-22(29)18-7-9-20(25)10-8-18/h7-10,17,19,21H,5-6,11-16H2,1-4H3,(H,26,29). The minimum Gasteiger partial charge on any atom is -0.346 e. The van der Waals surface area contributed by atoms with Gasteiger partial charge in [-0.15, -0.1) is 0 Å². The summed E-state index contributed by atoms with van der Waals surface area (Å²) in [4.78, 5) is 42.1. The van der Waals surface area contributed by atoms with Crippen LogP contribution in [0.3, 0.4) is 0 Å². The monoisotopic (exact) mass is 449 g/mol. The molecule has 0 aliphatic carbocycles. The van der Waals surface area contributed by atoms with Crippen LogP contribution in [-0.2, 0) is 9.59 Å². The molecule has 6 nitrogen and oxygen atoms in total. The van der Waals surface area contributed by atoms with E-state index < -0.39 is 6.04 Å². The van der Waals surface area contributed by atoms with Gasteiger partial charge < -0.3 is 15.1 Å². The number of amides is 3. The maximum atomic E-state index is 13.2. The summed E-state index contributed by atoms with van der Waals surface area (Å²) in [6.45, 7) is 8.05. The third-order valence-electron chi connectivity index (χ3n) is 5.80. The first-order valence-corrected chi connectivity index (χ1v) is 11.7. The van der Waals surface area contributed by atoms with Gasteiger partial charge in [0, 0.05) is 43.2 Å². The molecule has 0 radical (unpaired) electrons. The molecule has 172 valence electrons. The van der Waals surface area contributed by atoms with E-state index in [2.05, 4.69) is 12.2 Å². The van der Waals surface area contributed by atoms with Crippen LogP contribution in [0.4, 0.5) is 0 Å². The molecular formula is C24H36ClN3O3. The van der Waals surface area contributed by atoms with Crippen LogP contribution in [-0.4, -0.2) is 60.2 Å². The van der Waals surface area contributed by atoms with Crippen LogP contribution >= 0.6 is 11.6 Å². The normalized spacial score (nSPS) is 15.6. The molecular weight excluding hydrogens is 414 g/mol. The second-order valence-electron chi connectivity index (χ2n) is 8.88. The quantitative estimate of drug-likeness (QED) is 0.619. The number of likely N-dealkylation sites (tertiary alicyclic amines) is 1. The zero-order valence-corrected chi connectivity index (χ0v) is 20.0. The van der Waals surface area contributed by atoms with Gasteiger partial charge in [0.15, 0.2) is 0 Å². The zero-order chi connectivity index (χ0) is 23.0. The van der Waals surface area contributed by atoms with Crippen molar-refractivity contribution in [3.8, 4) is 0 Å².